The summed E-state index contributed by atoms with van der Waals surface area (Å²) in [6.07, 6.45) is 3.36. The van der Waals surface area contributed by atoms with Crippen LogP contribution in [0, 0.1) is 17.3 Å². The van der Waals surface area contributed by atoms with E-state index < -0.39 is 0 Å². The summed E-state index contributed by atoms with van der Waals surface area (Å²) in [5.74, 6) is 1.61. The first-order valence-corrected chi connectivity index (χ1v) is 12.1. The minimum absolute atomic E-state index is 0.0227. The van der Waals surface area contributed by atoms with Gasteiger partial charge in [0.1, 0.15) is 0 Å². The molecule has 7 heteroatoms. The number of hydrogen-bond donors (Lipinski definition) is 4. The summed E-state index contributed by atoms with van der Waals surface area (Å²) in [5, 5.41) is 0. The summed E-state index contributed by atoms with van der Waals surface area (Å²) in [4.78, 5) is 0. The Bertz CT molecular complexity index is 345. The maximum atomic E-state index is 5.72. The largest absolute Gasteiger partial charge is 0.379 e. The Labute approximate surface area is 193 Å². The average molecular weight is 449 g/mol. The predicted molar refractivity (Wildman–Crippen MR) is 133 cm³/mol. The Morgan fingerprint density at radius 2 is 0.935 bits per heavy atom. The van der Waals surface area contributed by atoms with Crippen molar-refractivity contribution in [3.63, 3.8) is 0 Å². The van der Waals surface area contributed by atoms with Crippen LogP contribution in [0.4, 0.5) is 0 Å². The Morgan fingerprint density at radius 3 is 1.16 bits per heavy atom. The minimum Gasteiger partial charge on any atom is -0.379 e. The number of nitrogens with two attached hydrogens (primary N) is 4. The molecule has 0 spiro atoms. The first-order valence-electron chi connectivity index (χ1n) is 12.1. The van der Waals surface area contributed by atoms with Gasteiger partial charge in [0, 0.05) is 29.6 Å². The molecule has 8 N–H and O–H groups in total. The van der Waals surface area contributed by atoms with Gasteiger partial charge in [-0.3, -0.25) is 0 Å². The van der Waals surface area contributed by atoms with Crippen molar-refractivity contribution in [2.24, 2.45) is 40.2 Å². The number of ether oxygens (including phenoxy) is 3. The molecule has 0 heterocycles. The van der Waals surface area contributed by atoms with E-state index in [4.69, 9.17) is 37.1 Å². The van der Waals surface area contributed by atoms with Gasteiger partial charge in [0.15, 0.2) is 0 Å². The van der Waals surface area contributed by atoms with Crippen LogP contribution in [0.5, 0.6) is 0 Å². The molecule has 0 aromatic rings. The van der Waals surface area contributed by atoms with Crippen molar-refractivity contribution in [1.29, 1.82) is 0 Å². The van der Waals surface area contributed by atoms with E-state index in [0.717, 1.165) is 24.7 Å². The second kappa shape index (κ2) is 19.2. The van der Waals surface area contributed by atoms with E-state index in [-0.39, 0.29) is 23.5 Å². The SMILES string of the molecule is CC(C)CC(C)CC(C)N.CCC(COCC(C)N)(COCC(C)N)COCC(C)N. The zero-order chi connectivity index (χ0) is 24.4. The molecular weight excluding hydrogens is 392 g/mol. The molecule has 31 heavy (non-hydrogen) atoms. The summed E-state index contributed by atoms with van der Waals surface area (Å²) in [6, 6.07) is 0.437. The van der Waals surface area contributed by atoms with E-state index >= 15 is 0 Å². The van der Waals surface area contributed by atoms with Crippen LogP contribution in [0.15, 0.2) is 0 Å². The Balaban J connectivity index is 0. The summed E-state index contributed by atoms with van der Waals surface area (Å²) in [5.41, 5.74) is 22.7. The van der Waals surface area contributed by atoms with Crippen molar-refractivity contribution in [2.75, 3.05) is 39.6 Å². The molecule has 0 aromatic heterocycles. The van der Waals surface area contributed by atoms with E-state index in [0.29, 0.717) is 45.7 Å². The fraction of sp³-hybridized carbons (Fsp3) is 1.00. The van der Waals surface area contributed by atoms with Crippen LogP contribution >= 0.6 is 0 Å². The lowest BCUT2D eigenvalue weighted by Crippen LogP contribution is -2.40. The van der Waals surface area contributed by atoms with Crippen LogP contribution in [0.1, 0.15) is 74.7 Å². The summed E-state index contributed by atoms with van der Waals surface area (Å²) >= 11 is 0. The lowest BCUT2D eigenvalue weighted by atomic mass is 9.88. The van der Waals surface area contributed by atoms with Crippen LogP contribution in [-0.2, 0) is 14.2 Å². The molecule has 0 aromatic carbocycles. The fourth-order valence-corrected chi connectivity index (χ4v) is 3.35. The molecule has 0 rings (SSSR count). The zero-order valence-electron chi connectivity index (χ0n) is 21.9. The molecule has 0 aliphatic carbocycles. The average Bonchev–Trinajstić information content (AvgIpc) is 2.59. The van der Waals surface area contributed by atoms with Gasteiger partial charge in [0.2, 0.25) is 0 Å². The highest BCUT2D eigenvalue weighted by Gasteiger charge is 2.30. The second-order valence-corrected chi connectivity index (χ2v) is 10.3. The van der Waals surface area contributed by atoms with Gasteiger partial charge < -0.3 is 37.1 Å². The van der Waals surface area contributed by atoms with Gasteiger partial charge in [-0.15, -0.1) is 0 Å². The zero-order valence-corrected chi connectivity index (χ0v) is 21.9. The standard InChI is InChI=1S/C15H35N3O3.C9H21N/c1-5-15(9-19-6-12(2)16,10-20-7-13(3)17)11-21-8-14(4)18;1-7(2)5-8(3)6-9(4)10/h12-14H,5-11,16-18H2,1-4H3;7-9H,5-6,10H2,1-4H3. The smallest absolute Gasteiger partial charge is 0.0615 e. The molecule has 190 valence electrons. The summed E-state index contributed by atoms with van der Waals surface area (Å²) < 4.78 is 17.2. The van der Waals surface area contributed by atoms with Gasteiger partial charge in [0.25, 0.3) is 0 Å². The van der Waals surface area contributed by atoms with Crippen molar-refractivity contribution in [3.8, 4) is 0 Å². The van der Waals surface area contributed by atoms with Gasteiger partial charge in [-0.05, 0) is 58.8 Å². The predicted octanol–water partition coefficient (Wildman–Crippen LogP) is 2.88. The molecule has 0 amide bonds. The first kappa shape index (κ1) is 32.9. The van der Waals surface area contributed by atoms with Crippen molar-refractivity contribution in [2.45, 2.75) is 98.8 Å². The van der Waals surface area contributed by atoms with E-state index in [9.17, 15) is 0 Å². The summed E-state index contributed by atoms with van der Waals surface area (Å²) in [7, 11) is 0. The maximum absolute atomic E-state index is 5.72. The quantitative estimate of drug-likeness (QED) is 0.269. The van der Waals surface area contributed by atoms with Gasteiger partial charge >= 0.3 is 0 Å². The van der Waals surface area contributed by atoms with Gasteiger partial charge in [-0.1, -0.05) is 27.7 Å². The lowest BCUT2D eigenvalue weighted by Gasteiger charge is -2.33. The third-order valence-corrected chi connectivity index (χ3v) is 4.76. The second-order valence-electron chi connectivity index (χ2n) is 10.3. The lowest BCUT2D eigenvalue weighted by molar-refractivity contribution is -0.0750. The first-order chi connectivity index (χ1) is 14.3. The Kier molecular flexibility index (Phi) is 20.4. The van der Waals surface area contributed by atoms with E-state index in [1.807, 2.05) is 20.8 Å². The minimum atomic E-state index is -0.182. The molecule has 0 bridgehead atoms. The third kappa shape index (κ3) is 22.7. The van der Waals surface area contributed by atoms with E-state index in [1.54, 1.807) is 0 Å². The monoisotopic (exact) mass is 448 g/mol. The molecule has 0 saturated heterocycles. The molecule has 0 aliphatic rings. The highest BCUT2D eigenvalue weighted by molar-refractivity contribution is 4.78. The van der Waals surface area contributed by atoms with E-state index in [2.05, 4.69) is 34.6 Å². The third-order valence-electron chi connectivity index (χ3n) is 4.76. The van der Waals surface area contributed by atoms with E-state index in [1.165, 1.54) is 6.42 Å². The molecule has 0 radical (unpaired) electrons. The highest BCUT2D eigenvalue weighted by atomic mass is 16.5. The van der Waals surface area contributed by atoms with Crippen molar-refractivity contribution in [3.05, 3.63) is 0 Å². The van der Waals surface area contributed by atoms with Crippen LogP contribution in [0.3, 0.4) is 0 Å². The molecule has 0 aliphatic heterocycles. The van der Waals surface area contributed by atoms with Gasteiger partial charge in [0.05, 0.1) is 39.6 Å². The molecule has 7 nitrogen and oxygen atoms in total. The number of rotatable bonds is 17. The maximum Gasteiger partial charge on any atom is 0.0615 e. The highest BCUT2D eigenvalue weighted by Crippen LogP contribution is 2.24. The fourth-order valence-electron chi connectivity index (χ4n) is 3.35. The van der Waals surface area contributed by atoms with Gasteiger partial charge in [-0.2, -0.15) is 0 Å². The molecule has 0 fully saturated rings. The van der Waals surface area contributed by atoms with Crippen molar-refractivity contribution >= 4 is 0 Å². The Morgan fingerprint density at radius 1 is 0.581 bits per heavy atom. The van der Waals surface area contributed by atoms with Crippen LogP contribution < -0.4 is 22.9 Å². The molecule has 0 saturated carbocycles. The molecule has 5 atom stereocenters. The van der Waals surface area contributed by atoms with Crippen LogP contribution in [0.25, 0.3) is 0 Å². The molecule has 5 unspecified atom stereocenters. The topological polar surface area (TPSA) is 132 Å². The normalized spacial score (nSPS) is 18.5. The number of hydrogen-bond acceptors (Lipinski definition) is 7. The Hall–Kier alpha value is -0.280. The van der Waals surface area contributed by atoms with Crippen molar-refractivity contribution in [1.82, 2.24) is 0 Å². The summed E-state index contributed by atoms with van der Waals surface area (Å²) in [6.45, 7) is 20.0. The molecular formula is C24H56N4O3. The van der Waals surface area contributed by atoms with Gasteiger partial charge in [-0.25, -0.2) is 0 Å². The van der Waals surface area contributed by atoms with Crippen LogP contribution in [-0.4, -0.2) is 63.8 Å². The van der Waals surface area contributed by atoms with Crippen LogP contribution in [0.2, 0.25) is 0 Å². The van der Waals surface area contributed by atoms with Crippen molar-refractivity contribution < 1.29 is 14.2 Å².